The highest BCUT2D eigenvalue weighted by atomic mass is 35.7. The fourth-order valence-corrected chi connectivity index (χ4v) is 3.59. The lowest BCUT2D eigenvalue weighted by molar-refractivity contribution is 0.610. The second-order valence-electron chi connectivity index (χ2n) is 4.60. The summed E-state index contributed by atoms with van der Waals surface area (Å²) in [5.41, 5.74) is 2.91. The molecule has 0 aliphatic heterocycles. The number of hydrogen-bond donors (Lipinski definition) is 1. The first kappa shape index (κ1) is 14.4. The molecule has 2 heterocycles. The predicted octanol–water partition coefficient (Wildman–Crippen LogP) is 4.12. The molecule has 21 heavy (non-hydrogen) atoms. The van der Waals surface area contributed by atoms with Gasteiger partial charge in [-0.15, -0.1) is 0 Å². The Balaban J connectivity index is 2.42. The highest BCUT2D eigenvalue weighted by Crippen LogP contribution is 2.37. The van der Waals surface area contributed by atoms with Crippen LogP contribution in [0.15, 0.2) is 41.6 Å². The van der Waals surface area contributed by atoms with Crippen molar-refractivity contribution in [1.82, 2.24) is 9.97 Å². The van der Waals surface area contributed by atoms with Gasteiger partial charge in [-0.1, -0.05) is 17.7 Å². The molecule has 0 fully saturated rings. The van der Waals surface area contributed by atoms with E-state index in [1.54, 1.807) is 18.3 Å². The third-order valence-electron chi connectivity index (χ3n) is 3.28. The van der Waals surface area contributed by atoms with Crippen molar-refractivity contribution in [2.45, 2.75) is 11.8 Å². The molecule has 7 heteroatoms. The van der Waals surface area contributed by atoms with Crippen molar-refractivity contribution >= 4 is 42.2 Å². The quantitative estimate of drug-likeness (QED) is 0.713. The molecule has 108 valence electrons. The van der Waals surface area contributed by atoms with Crippen LogP contribution in [0, 0.1) is 6.92 Å². The van der Waals surface area contributed by atoms with Gasteiger partial charge in [-0.2, -0.15) is 0 Å². The van der Waals surface area contributed by atoms with E-state index in [0.717, 1.165) is 5.56 Å². The Morgan fingerprint density at radius 3 is 2.67 bits per heavy atom. The number of nitrogens with zero attached hydrogens (tertiary/aromatic N) is 1. The zero-order valence-corrected chi connectivity index (χ0v) is 13.2. The summed E-state index contributed by atoms with van der Waals surface area (Å²) in [5.74, 6) is 0. The number of H-pyrrole nitrogens is 1. The third-order valence-corrected chi connectivity index (χ3v) is 4.95. The van der Waals surface area contributed by atoms with Crippen molar-refractivity contribution in [3.8, 4) is 11.3 Å². The van der Waals surface area contributed by atoms with Gasteiger partial charge in [0.25, 0.3) is 9.05 Å². The summed E-state index contributed by atoms with van der Waals surface area (Å²) in [4.78, 5) is 7.32. The average molecular weight is 341 g/mol. The second-order valence-corrected chi connectivity index (χ2v) is 7.55. The molecule has 0 unspecified atom stereocenters. The van der Waals surface area contributed by atoms with Crippen molar-refractivity contribution in [2.75, 3.05) is 0 Å². The van der Waals surface area contributed by atoms with Crippen LogP contribution in [0.1, 0.15) is 5.56 Å². The van der Waals surface area contributed by atoms with Crippen LogP contribution >= 0.6 is 22.3 Å². The van der Waals surface area contributed by atoms with Crippen molar-refractivity contribution in [3.63, 3.8) is 0 Å². The Bertz CT molecular complexity index is 949. The van der Waals surface area contributed by atoms with E-state index in [0.29, 0.717) is 27.2 Å². The van der Waals surface area contributed by atoms with Crippen LogP contribution in [0.2, 0.25) is 5.02 Å². The number of fused-ring (bicyclic) bond motifs is 1. The summed E-state index contributed by atoms with van der Waals surface area (Å²) in [5, 5.41) is 0.985. The molecule has 0 aliphatic rings. The number of aromatic nitrogens is 2. The second kappa shape index (κ2) is 5.02. The highest BCUT2D eigenvalue weighted by Gasteiger charge is 2.20. The molecular formula is C14H10Cl2N2O2S. The molecule has 1 N–H and O–H groups in total. The lowest BCUT2D eigenvalue weighted by Gasteiger charge is -2.08. The Labute approximate surface area is 131 Å². The van der Waals surface area contributed by atoms with E-state index in [-0.39, 0.29) is 4.90 Å². The van der Waals surface area contributed by atoms with E-state index in [1.807, 2.05) is 19.1 Å². The van der Waals surface area contributed by atoms with E-state index >= 15 is 0 Å². The Morgan fingerprint density at radius 1 is 1.24 bits per heavy atom. The van der Waals surface area contributed by atoms with Crippen molar-refractivity contribution in [1.29, 1.82) is 0 Å². The molecule has 0 saturated heterocycles. The minimum Gasteiger partial charge on any atom is -0.359 e. The van der Waals surface area contributed by atoms with Crippen molar-refractivity contribution < 1.29 is 8.42 Å². The molecule has 0 saturated carbocycles. The Hall–Kier alpha value is -1.56. The van der Waals surface area contributed by atoms with Crippen LogP contribution in [0.5, 0.6) is 0 Å². The number of aryl methyl sites for hydroxylation is 1. The largest absolute Gasteiger partial charge is 0.359 e. The standard InChI is InChI=1S/C14H10Cl2N2O2S/c1-8-3-2-6-17-13(8)12-10(15)5-4-9-11(21(16,19)20)7-18-14(9)12/h2-7,18H,1H3. The van der Waals surface area contributed by atoms with E-state index < -0.39 is 9.05 Å². The number of rotatable bonds is 2. The molecule has 0 atom stereocenters. The minimum absolute atomic E-state index is 0.0330. The molecule has 1 aromatic carbocycles. The van der Waals surface area contributed by atoms with Gasteiger partial charge in [0.05, 0.1) is 16.2 Å². The number of halogens is 2. The molecule has 4 nitrogen and oxygen atoms in total. The van der Waals surface area contributed by atoms with E-state index in [2.05, 4.69) is 9.97 Å². The summed E-state index contributed by atoms with van der Waals surface area (Å²) in [6.45, 7) is 1.92. The van der Waals surface area contributed by atoms with Gasteiger partial charge in [-0.3, -0.25) is 4.98 Å². The molecule has 0 spiro atoms. The fourth-order valence-electron chi connectivity index (χ4n) is 2.33. The van der Waals surface area contributed by atoms with Crippen LogP contribution in [-0.2, 0) is 9.05 Å². The summed E-state index contributed by atoms with van der Waals surface area (Å²) < 4.78 is 23.2. The van der Waals surface area contributed by atoms with Gasteiger partial charge < -0.3 is 4.98 Å². The number of hydrogen-bond acceptors (Lipinski definition) is 3. The lowest BCUT2D eigenvalue weighted by atomic mass is 10.0. The molecule has 0 radical (unpaired) electrons. The maximum atomic E-state index is 11.6. The van der Waals surface area contributed by atoms with Crippen LogP contribution < -0.4 is 0 Å². The molecule has 0 bridgehead atoms. The lowest BCUT2D eigenvalue weighted by Crippen LogP contribution is -1.91. The highest BCUT2D eigenvalue weighted by molar-refractivity contribution is 8.14. The number of pyridine rings is 1. The van der Waals surface area contributed by atoms with Gasteiger partial charge in [0, 0.05) is 34.0 Å². The van der Waals surface area contributed by atoms with Gasteiger partial charge in [0.1, 0.15) is 4.90 Å². The van der Waals surface area contributed by atoms with Gasteiger partial charge >= 0.3 is 0 Å². The van der Waals surface area contributed by atoms with Gasteiger partial charge in [0.15, 0.2) is 0 Å². The zero-order chi connectivity index (χ0) is 15.2. The average Bonchev–Trinajstić information content (AvgIpc) is 2.84. The monoisotopic (exact) mass is 340 g/mol. The van der Waals surface area contributed by atoms with E-state index in [1.165, 1.54) is 6.20 Å². The summed E-state index contributed by atoms with van der Waals surface area (Å²) >= 11 is 6.29. The first-order valence-electron chi connectivity index (χ1n) is 6.06. The SMILES string of the molecule is Cc1cccnc1-c1c(Cl)ccc2c(S(=O)(=O)Cl)c[nH]c12. The van der Waals surface area contributed by atoms with E-state index in [9.17, 15) is 8.42 Å². The summed E-state index contributed by atoms with van der Waals surface area (Å²) in [6.07, 6.45) is 3.03. The zero-order valence-electron chi connectivity index (χ0n) is 10.9. The maximum Gasteiger partial charge on any atom is 0.263 e. The summed E-state index contributed by atoms with van der Waals surface area (Å²) in [6, 6.07) is 7.02. The first-order valence-corrected chi connectivity index (χ1v) is 8.74. The molecule has 2 aromatic heterocycles. The van der Waals surface area contributed by atoms with Crippen molar-refractivity contribution in [2.24, 2.45) is 0 Å². The fraction of sp³-hybridized carbons (Fsp3) is 0.0714. The predicted molar refractivity (Wildman–Crippen MR) is 84.3 cm³/mol. The van der Waals surface area contributed by atoms with Crippen LogP contribution in [0.3, 0.4) is 0 Å². The third kappa shape index (κ3) is 2.41. The number of aromatic amines is 1. The molecular weight excluding hydrogens is 331 g/mol. The summed E-state index contributed by atoms with van der Waals surface area (Å²) in [7, 11) is 1.62. The number of nitrogens with one attached hydrogen (secondary N) is 1. The maximum absolute atomic E-state index is 11.6. The van der Waals surface area contributed by atoms with Crippen LogP contribution in [-0.4, -0.2) is 18.4 Å². The topological polar surface area (TPSA) is 62.8 Å². The number of benzene rings is 1. The first-order chi connectivity index (χ1) is 9.89. The smallest absolute Gasteiger partial charge is 0.263 e. The van der Waals surface area contributed by atoms with Crippen LogP contribution in [0.25, 0.3) is 22.2 Å². The molecule has 0 aliphatic carbocycles. The Morgan fingerprint density at radius 2 is 2.00 bits per heavy atom. The normalized spacial score (nSPS) is 12.0. The van der Waals surface area contributed by atoms with Gasteiger partial charge in [0.2, 0.25) is 0 Å². The Kier molecular flexibility index (Phi) is 3.43. The molecule has 3 rings (SSSR count). The molecule has 3 aromatic rings. The van der Waals surface area contributed by atoms with Crippen LogP contribution in [0.4, 0.5) is 0 Å². The van der Waals surface area contributed by atoms with Crippen molar-refractivity contribution in [3.05, 3.63) is 47.2 Å². The molecule has 0 amide bonds. The van der Waals surface area contributed by atoms with E-state index in [4.69, 9.17) is 22.3 Å². The van der Waals surface area contributed by atoms with Gasteiger partial charge in [-0.25, -0.2) is 8.42 Å². The van der Waals surface area contributed by atoms with Gasteiger partial charge in [-0.05, 0) is 30.7 Å². The minimum atomic E-state index is -3.83.